The first kappa shape index (κ1) is 24.2. The second-order valence-corrected chi connectivity index (χ2v) is 9.54. The van der Waals surface area contributed by atoms with Gasteiger partial charge in [0.15, 0.2) is 0 Å². The average molecular weight is 484 g/mol. The molecular formula is C29H33N5O2. The Balaban J connectivity index is 1.77. The minimum atomic E-state index is -0.331. The van der Waals surface area contributed by atoms with E-state index in [1.54, 1.807) is 0 Å². The van der Waals surface area contributed by atoms with Gasteiger partial charge >= 0.3 is 5.97 Å². The lowest BCUT2D eigenvalue weighted by molar-refractivity contribution is 0.0601. The molecule has 0 spiro atoms. The lowest BCUT2D eigenvalue weighted by Crippen LogP contribution is -2.37. The van der Waals surface area contributed by atoms with Crippen molar-refractivity contribution in [3.63, 3.8) is 0 Å². The number of fused-ring (bicyclic) bond motifs is 4. The third-order valence-electron chi connectivity index (χ3n) is 7.19. The van der Waals surface area contributed by atoms with Crippen LogP contribution in [0.15, 0.2) is 64.1 Å². The zero-order valence-electron chi connectivity index (χ0n) is 21.4. The van der Waals surface area contributed by atoms with Crippen molar-refractivity contribution in [2.24, 2.45) is 15.9 Å². The van der Waals surface area contributed by atoms with Gasteiger partial charge in [-0.25, -0.2) is 4.79 Å². The van der Waals surface area contributed by atoms with E-state index < -0.39 is 0 Å². The van der Waals surface area contributed by atoms with Crippen LogP contribution in [0.2, 0.25) is 0 Å². The van der Waals surface area contributed by atoms with E-state index in [-0.39, 0.29) is 17.9 Å². The van der Waals surface area contributed by atoms with Crippen LogP contribution < -0.4 is 5.32 Å². The molecular weight excluding hydrogens is 450 g/mol. The van der Waals surface area contributed by atoms with Crippen molar-refractivity contribution in [1.82, 2.24) is 14.8 Å². The number of carbonyl (C=O) groups excluding carboxylic acids is 1. The van der Waals surface area contributed by atoms with Crippen LogP contribution in [0.3, 0.4) is 0 Å². The first-order chi connectivity index (χ1) is 17.5. The second kappa shape index (κ2) is 10.2. The number of nitrogens with zero attached hydrogens (tertiary/aromatic N) is 4. The largest absolute Gasteiger partial charge is 0.465 e. The quantitative estimate of drug-likeness (QED) is 0.513. The molecule has 5 rings (SSSR count). The number of hydrogen-bond acceptors (Lipinski definition) is 6. The molecule has 36 heavy (non-hydrogen) atoms. The maximum atomic E-state index is 12.4. The summed E-state index contributed by atoms with van der Waals surface area (Å²) in [5.41, 5.74) is 7.21. The summed E-state index contributed by atoms with van der Waals surface area (Å²) < 4.78 is 7.39. The second-order valence-electron chi connectivity index (χ2n) is 9.54. The summed E-state index contributed by atoms with van der Waals surface area (Å²) in [6, 6.07) is 16.3. The molecule has 2 unspecified atom stereocenters. The van der Waals surface area contributed by atoms with Gasteiger partial charge in [-0.15, -0.1) is 0 Å². The zero-order chi connectivity index (χ0) is 25.2. The number of likely N-dealkylation sites (N-methyl/N-ethyl adjacent to an activating group) is 2. The van der Waals surface area contributed by atoms with Gasteiger partial charge in [0.2, 0.25) is 0 Å². The van der Waals surface area contributed by atoms with Crippen LogP contribution in [-0.4, -0.2) is 74.7 Å². The standard InChI is InChI=1S/C29H33N5O2/c1-19-25-22(17-33(3)15-14-30-2)18-34-24-16-21(29(35)36-4)10-11-23(24)26(20-8-6-5-7-9-20)28(34)27(25)32-13-12-31-19/h5-13,16,19,22,30H,14-15,17-18H2,1-4H3. The molecule has 2 aliphatic heterocycles. The Morgan fingerprint density at radius 3 is 2.75 bits per heavy atom. The summed E-state index contributed by atoms with van der Waals surface area (Å²) in [4.78, 5) is 24.5. The zero-order valence-corrected chi connectivity index (χ0v) is 21.4. The van der Waals surface area contributed by atoms with Gasteiger partial charge in [-0.1, -0.05) is 36.4 Å². The summed E-state index contributed by atoms with van der Waals surface area (Å²) in [5, 5.41) is 4.35. The number of aromatic nitrogens is 1. The minimum absolute atomic E-state index is 0.0335. The van der Waals surface area contributed by atoms with Crippen LogP contribution in [0.25, 0.3) is 27.7 Å². The molecule has 0 aliphatic carbocycles. The Kier molecular flexibility index (Phi) is 6.85. The van der Waals surface area contributed by atoms with Crippen LogP contribution >= 0.6 is 0 Å². The van der Waals surface area contributed by atoms with Crippen molar-refractivity contribution in [3.05, 3.63) is 65.4 Å². The Labute approximate surface area is 212 Å². The number of rotatable bonds is 7. The highest BCUT2D eigenvalue weighted by Crippen LogP contribution is 2.46. The maximum Gasteiger partial charge on any atom is 0.337 e. The topological polar surface area (TPSA) is 71.2 Å². The molecule has 0 amide bonds. The van der Waals surface area contributed by atoms with Crippen molar-refractivity contribution in [2.45, 2.75) is 19.5 Å². The molecule has 3 aromatic rings. The average Bonchev–Trinajstić information content (AvgIpc) is 3.09. The molecule has 2 aliphatic rings. The summed E-state index contributed by atoms with van der Waals surface area (Å²) in [5.74, 6) is -0.0972. The molecule has 7 heteroatoms. The van der Waals surface area contributed by atoms with E-state index in [0.29, 0.717) is 5.56 Å². The fourth-order valence-corrected chi connectivity index (χ4v) is 5.53. The molecule has 1 N–H and O–H groups in total. The molecule has 2 atom stereocenters. The van der Waals surface area contributed by atoms with Gasteiger partial charge in [0.25, 0.3) is 0 Å². The van der Waals surface area contributed by atoms with Gasteiger partial charge in [0.1, 0.15) is 0 Å². The van der Waals surface area contributed by atoms with Gasteiger partial charge in [-0.3, -0.25) is 9.98 Å². The van der Waals surface area contributed by atoms with Gasteiger partial charge in [0, 0.05) is 55.5 Å². The highest BCUT2D eigenvalue weighted by atomic mass is 16.5. The molecule has 0 saturated heterocycles. The first-order valence-corrected chi connectivity index (χ1v) is 12.5. The van der Waals surface area contributed by atoms with E-state index in [9.17, 15) is 4.79 Å². The summed E-state index contributed by atoms with van der Waals surface area (Å²) in [6.07, 6.45) is 3.62. The fraction of sp³-hybridized carbons (Fsp3) is 0.345. The van der Waals surface area contributed by atoms with Gasteiger partial charge in [0.05, 0.1) is 35.6 Å². The van der Waals surface area contributed by atoms with E-state index in [2.05, 4.69) is 53.0 Å². The van der Waals surface area contributed by atoms with Crippen LogP contribution in [0.1, 0.15) is 23.0 Å². The predicted molar refractivity (Wildman–Crippen MR) is 147 cm³/mol. The van der Waals surface area contributed by atoms with E-state index in [1.165, 1.54) is 12.7 Å². The number of ether oxygens (including phenoxy) is 1. The molecule has 7 nitrogen and oxygen atoms in total. The lowest BCUT2D eigenvalue weighted by Gasteiger charge is -2.34. The highest BCUT2D eigenvalue weighted by molar-refractivity contribution is 6.18. The van der Waals surface area contributed by atoms with Crippen molar-refractivity contribution in [3.8, 4) is 11.1 Å². The number of benzene rings is 2. The van der Waals surface area contributed by atoms with Crippen molar-refractivity contribution in [1.29, 1.82) is 0 Å². The van der Waals surface area contributed by atoms with Crippen molar-refractivity contribution < 1.29 is 9.53 Å². The number of carbonyl (C=O) groups is 1. The number of methoxy groups -OCH3 is 1. The van der Waals surface area contributed by atoms with E-state index >= 15 is 0 Å². The molecule has 2 aromatic carbocycles. The number of nitrogens with one attached hydrogen (secondary N) is 1. The van der Waals surface area contributed by atoms with E-state index in [4.69, 9.17) is 14.7 Å². The molecule has 0 radical (unpaired) electrons. The Morgan fingerprint density at radius 1 is 1.19 bits per heavy atom. The third kappa shape index (κ3) is 4.29. The minimum Gasteiger partial charge on any atom is -0.465 e. The lowest BCUT2D eigenvalue weighted by atomic mass is 9.86. The van der Waals surface area contributed by atoms with Gasteiger partial charge in [-0.05, 0) is 44.3 Å². The smallest absolute Gasteiger partial charge is 0.337 e. The van der Waals surface area contributed by atoms with Gasteiger partial charge < -0.3 is 19.5 Å². The normalized spacial score (nSPS) is 18.9. The molecule has 0 bridgehead atoms. The van der Waals surface area contributed by atoms with Crippen LogP contribution in [0.4, 0.5) is 0 Å². The van der Waals surface area contributed by atoms with Crippen LogP contribution in [0.5, 0.6) is 0 Å². The SMILES string of the molecule is CNCCN(C)CC1Cn2c(c(-c3ccccc3)c3ccc(C(=O)OC)cc32)C2=C1C(C)N=CC=N2. The highest BCUT2D eigenvalue weighted by Gasteiger charge is 2.35. The molecule has 0 fully saturated rings. The number of hydrogen-bond donors (Lipinski definition) is 1. The monoisotopic (exact) mass is 483 g/mol. The number of esters is 1. The Morgan fingerprint density at radius 2 is 2.00 bits per heavy atom. The van der Waals surface area contributed by atoms with Crippen molar-refractivity contribution in [2.75, 3.05) is 40.8 Å². The summed E-state index contributed by atoms with van der Waals surface area (Å²) in [6.45, 7) is 5.74. The Hall–Kier alpha value is -3.55. The van der Waals surface area contributed by atoms with E-state index in [1.807, 2.05) is 43.7 Å². The molecule has 186 valence electrons. The molecule has 3 heterocycles. The fourth-order valence-electron chi connectivity index (χ4n) is 5.53. The van der Waals surface area contributed by atoms with E-state index in [0.717, 1.165) is 59.6 Å². The van der Waals surface area contributed by atoms with Gasteiger partial charge in [-0.2, -0.15) is 0 Å². The summed E-state index contributed by atoms with van der Waals surface area (Å²) >= 11 is 0. The van der Waals surface area contributed by atoms with Crippen LogP contribution in [0, 0.1) is 5.92 Å². The maximum absolute atomic E-state index is 12.4. The Bertz CT molecular complexity index is 1370. The number of aliphatic imine (C=N–C) groups is 2. The van der Waals surface area contributed by atoms with Crippen LogP contribution in [-0.2, 0) is 11.3 Å². The molecule has 0 saturated carbocycles. The predicted octanol–water partition coefficient (Wildman–Crippen LogP) is 4.13. The molecule has 1 aromatic heterocycles. The van der Waals surface area contributed by atoms with Crippen molar-refractivity contribution >= 4 is 35.0 Å². The first-order valence-electron chi connectivity index (χ1n) is 12.5. The third-order valence-corrected chi connectivity index (χ3v) is 7.19. The summed E-state index contributed by atoms with van der Waals surface area (Å²) in [7, 11) is 5.57.